The summed E-state index contributed by atoms with van der Waals surface area (Å²) < 4.78 is 69.7. The van der Waals surface area contributed by atoms with Crippen molar-refractivity contribution >= 4 is 27.6 Å². The first kappa shape index (κ1) is 22.5. The summed E-state index contributed by atoms with van der Waals surface area (Å²) >= 11 is 0. The molecule has 12 heteroatoms. The van der Waals surface area contributed by atoms with E-state index in [1.54, 1.807) is 25.1 Å². The quantitative estimate of drug-likeness (QED) is 0.623. The molecule has 0 saturated carbocycles. The second-order valence-corrected chi connectivity index (χ2v) is 8.96. The number of alkyl halides is 3. The van der Waals surface area contributed by atoms with Crippen molar-refractivity contribution in [2.45, 2.75) is 18.0 Å². The number of fused-ring (bicyclic) bond motifs is 1. The van der Waals surface area contributed by atoms with Gasteiger partial charge in [0.1, 0.15) is 10.7 Å². The highest BCUT2D eigenvalue weighted by Crippen LogP contribution is 2.34. The van der Waals surface area contributed by atoms with E-state index in [1.165, 1.54) is 42.3 Å². The van der Waals surface area contributed by atoms with Crippen LogP contribution < -0.4 is 5.32 Å². The summed E-state index contributed by atoms with van der Waals surface area (Å²) in [6.07, 6.45) is -4.61. The maximum Gasteiger partial charge on any atom is 0.418 e. The highest BCUT2D eigenvalue weighted by atomic mass is 32.2. The average Bonchev–Trinajstić information content (AvgIpc) is 3.24. The maximum atomic E-state index is 13.5. The zero-order valence-corrected chi connectivity index (χ0v) is 18.3. The summed E-state index contributed by atoms with van der Waals surface area (Å²) in [6, 6.07) is 12.6. The molecular weight excluding hydrogens is 459 g/mol. The van der Waals surface area contributed by atoms with Gasteiger partial charge in [-0.2, -0.15) is 26.7 Å². The lowest BCUT2D eigenvalue weighted by atomic mass is 10.1. The summed E-state index contributed by atoms with van der Waals surface area (Å²) in [5.74, 6) is -0.440. The smallest absolute Gasteiger partial charge is 0.349 e. The van der Waals surface area contributed by atoms with Crippen LogP contribution >= 0.6 is 0 Å². The Hall–Kier alpha value is -3.67. The normalized spacial score (nSPS) is 14.5. The van der Waals surface area contributed by atoms with Crippen molar-refractivity contribution in [3.05, 3.63) is 71.4 Å². The van der Waals surface area contributed by atoms with Crippen LogP contribution in [0.2, 0.25) is 0 Å². The summed E-state index contributed by atoms with van der Waals surface area (Å²) in [7, 11) is -2.36. The van der Waals surface area contributed by atoms with E-state index in [9.17, 15) is 26.4 Å². The Morgan fingerprint density at radius 1 is 1.12 bits per heavy atom. The minimum Gasteiger partial charge on any atom is -0.349 e. The van der Waals surface area contributed by atoms with Gasteiger partial charge in [0.25, 0.3) is 10.0 Å². The maximum absolute atomic E-state index is 13.5. The largest absolute Gasteiger partial charge is 0.418 e. The summed E-state index contributed by atoms with van der Waals surface area (Å²) in [5.41, 5.74) is -0.367. The van der Waals surface area contributed by atoms with E-state index in [0.717, 1.165) is 10.7 Å². The SMILES string of the molecule is Cc1cc(NC(=O)CN(C)C2=NS(=O)(=O)c3ccccc32)n(-c2ccccc2C(F)(F)F)n1. The lowest BCUT2D eigenvalue weighted by molar-refractivity contribution is -0.137. The van der Waals surface area contributed by atoms with Crippen molar-refractivity contribution in [3.8, 4) is 5.69 Å². The third kappa shape index (κ3) is 4.33. The molecule has 0 fully saturated rings. The number of hydrogen-bond donors (Lipinski definition) is 1. The van der Waals surface area contributed by atoms with E-state index >= 15 is 0 Å². The zero-order valence-electron chi connectivity index (χ0n) is 17.5. The second-order valence-electron chi connectivity index (χ2n) is 7.39. The third-order valence-electron chi connectivity index (χ3n) is 4.89. The molecule has 1 amide bonds. The molecule has 0 atom stereocenters. The van der Waals surface area contributed by atoms with Crippen LogP contribution in [0.3, 0.4) is 0 Å². The predicted octanol–water partition coefficient (Wildman–Crippen LogP) is 3.22. The zero-order chi connectivity index (χ0) is 24.0. The van der Waals surface area contributed by atoms with Crippen LogP contribution in [0.4, 0.5) is 19.0 Å². The van der Waals surface area contributed by atoms with Crippen LogP contribution in [0.25, 0.3) is 5.69 Å². The Labute approximate surface area is 187 Å². The van der Waals surface area contributed by atoms with Gasteiger partial charge in [-0.3, -0.25) is 4.79 Å². The van der Waals surface area contributed by atoms with Crippen LogP contribution in [0.1, 0.15) is 16.8 Å². The van der Waals surface area contributed by atoms with E-state index < -0.39 is 27.7 Å². The molecule has 172 valence electrons. The van der Waals surface area contributed by atoms with E-state index in [2.05, 4.69) is 14.8 Å². The number of halogens is 3. The number of aromatic nitrogens is 2. The highest BCUT2D eigenvalue weighted by molar-refractivity contribution is 7.90. The number of carbonyl (C=O) groups excluding carboxylic acids is 1. The average molecular weight is 477 g/mol. The molecule has 1 N–H and O–H groups in total. The van der Waals surface area contributed by atoms with Gasteiger partial charge in [0, 0.05) is 18.7 Å². The number of likely N-dealkylation sites (N-methyl/N-ethyl adjacent to an activating group) is 1. The minimum absolute atomic E-state index is 0.0454. The van der Waals surface area contributed by atoms with Gasteiger partial charge in [-0.1, -0.05) is 24.3 Å². The number of carbonyl (C=O) groups is 1. The van der Waals surface area contributed by atoms with E-state index in [0.29, 0.717) is 11.3 Å². The summed E-state index contributed by atoms with van der Waals surface area (Å²) in [5, 5.41) is 6.65. The molecule has 0 spiro atoms. The number of rotatable bonds is 4. The molecule has 8 nitrogen and oxygen atoms in total. The molecule has 1 aromatic heterocycles. The molecule has 0 radical (unpaired) electrons. The molecule has 3 aromatic rings. The van der Waals surface area contributed by atoms with Crippen LogP contribution in [0.15, 0.2) is 63.9 Å². The summed E-state index contributed by atoms with van der Waals surface area (Å²) in [4.78, 5) is 14.1. The lowest BCUT2D eigenvalue weighted by Gasteiger charge is -2.19. The monoisotopic (exact) mass is 477 g/mol. The Morgan fingerprint density at radius 2 is 1.79 bits per heavy atom. The fraction of sp³-hybridized carbons (Fsp3) is 0.190. The predicted molar refractivity (Wildman–Crippen MR) is 115 cm³/mol. The molecule has 4 rings (SSSR count). The Balaban J connectivity index is 1.59. The number of para-hydroxylation sites is 1. The van der Waals surface area contributed by atoms with Crippen LogP contribution in [0.5, 0.6) is 0 Å². The molecule has 1 aliphatic rings. The van der Waals surface area contributed by atoms with E-state index in [1.807, 2.05) is 0 Å². The topological polar surface area (TPSA) is 96.7 Å². The van der Waals surface area contributed by atoms with Crippen molar-refractivity contribution in [3.63, 3.8) is 0 Å². The fourth-order valence-corrected chi connectivity index (χ4v) is 4.76. The number of amides is 1. The first-order valence-corrected chi connectivity index (χ1v) is 11.1. The van der Waals surface area contributed by atoms with E-state index in [-0.39, 0.29) is 28.8 Å². The Bertz CT molecular complexity index is 1380. The van der Waals surface area contributed by atoms with Crippen molar-refractivity contribution in [2.75, 3.05) is 18.9 Å². The molecule has 0 aliphatic carbocycles. The van der Waals surface area contributed by atoms with Crippen molar-refractivity contribution in [1.29, 1.82) is 0 Å². The molecule has 0 bridgehead atoms. The van der Waals surface area contributed by atoms with Gasteiger partial charge in [0.05, 0.1) is 23.5 Å². The van der Waals surface area contributed by atoms with Gasteiger partial charge in [-0.15, -0.1) is 4.40 Å². The standard InChI is InChI=1S/C21H18F3N5O3S/c1-13-11-18(29(26-13)16-9-5-4-8-15(16)21(22,23)24)25-19(30)12-28(2)20-14-7-3-6-10-17(14)33(31,32)27-20/h3-11H,12H2,1-2H3,(H,25,30). The van der Waals surface area contributed by atoms with Gasteiger partial charge >= 0.3 is 6.18 Å². The molecule has 2 aromatic carbocycles. The Morgan fingerprint density at radius 3 is 2.52 bits per heavy atom. The number of hydrogen-bond acceptors (Lipinski definition) is 5. The lowest BCUT2D eigenvalue weighted by Crippen LogP contribution is -2.35. The van der Waals surface area contributed by atoms with Gasteiger partial charge in [-0.05, 0) is 31.2 Å². The molecule has 2 heterocycles. The number of sulfonamides is 1. The number of anilines is 1. The summed E-state index contributed by atoms with van der Waals surface area (Å²) in [6.45, 7) is 1.29. The number of amidine groups is 1. The molecule has 0 saturated heterocycles. The number of nitrogens with zero attached hydrogens (tertiary/aromatic N) is 4. The first-order valence-electron chi connectivity index (χ1n) is 9.66. The minimum atomic E-state index is -4.61. The van der Waals surface area contributed by atoms with Crippen LogP contribution in [-0.2, 0) is 21.0 Å². The fourth-order valence-electron chi connectivity index (χ4n) is 3.51. The molecule has 33 heavy (non-hydrogen) atoms. The number of aryl methyl sites for hydroxylation is 1. The highest BCUT2D eigenvalue weighted by Gasteiger charge is 2.35. The first-order chi connectivity index (χ1) is 15.5. The van der Waals surface area contributed by atoms with Crippen molar-refractivity contribution in [1.82, 2.24) is 14.7 Å². The van der Waals surface area contributed by atoms with Crippen LogP contribution in [-0.4, -0.2) is 48.4 Å². The molecule has 0 unspecified atom stereocenters. The second kappa shape index (κ2) is 8.03. The molecular formula is C21H18F3N5O3S. The van der Waals surface area contributed by atoms with Crippen molar-refractivity contribution < 1.29 is 26.4 Å². The Kier molecular flexibility index (Phi) is 5.48. The number of benzene rings is 2. The van der Waals surface area contributed by atoms with Gasteiger partial charge < -0.3 is 10.2 Å². The molecule has 1 aliphatic heterocycles. The number of nitrogens with one attached hydrogen (secondary N) is 1. The van der Waals surface area contributed by atoms with Crippen LogP contribution in [0, 0.1) is 6.92 Å². The van der Waals surface area contributed by atoms with Crippen molar-refractivity contribution in [2.24, 2.45) is 4.40 Å². The van der Waals surface area contributed by atoms with Gasteiger partial charge in [-0.25, -0.2) is 4.68 Å². The third-order valence-corrected chi connectivity index (χ3v) is 6.22. The van der Waals surface area contributed by atoms with Gasteiger partial charge in [0.15, 0.2) is 5.84 Å². The van der Waals surface area contributed by atoms with E-state index in [4.69, 9.17) is 0 Å². The van der Waals surface area contributed by atoms with Gasteiger partial charge in [0.2, 0.25) is 5.91 Å².